The van der Waals surface area contributed by atoms with Crippen molar-refractivity contribution in [2.24, 2.45) is 0 Å². The summed E-state index contributed by atoms with van der Waals surface area (Å²) in [7, 11) is -1.15. The predicted octanol–water partition coefficient (Wildman–Crippen LogP) is 1.44. The van der Waals surface area contributed by atoms with Crippen molar-refractivity contribution in [3.63, 3.8) is 0 Å². The molecule has 0 spiro atoms. The monoisotopic (exact) mass is 354 g/mol. The second-order valence-corrected chi connectivity index (χ2v) is 9.06. The summed E-state index contributed by atoms with van der Waals surface area (Å²) in [4.78, 5) is 14.1. The van der Waals surface area contributed by atoms with Gasteiger partial charge in [0.1, 0.15) is 5.82 Å². The molecular weight excluding hydrogens is 331 g/mol. The summed E-state index contributed by atoms with van der Waals surface area (Å²) in [6.07, 6.45) is 3.31. The Kier molecular flexibility index (Phi) is 4.92. The molecule has 7 heteroatoms. The smallest absolute Gasteiger partial charge is 0.234 e. The number of nitrogens with one attached hydrogen (secondary N) is 1. The van der Waals surface area contributed by atoms with Crippen LogP contribution in [0.5, 0.6) is 0 Å². The molecule has 5 nitrogen and oxygen atoms in total. The summed E-state index contributed by atoms with van der Waals surface area (Å²) in [5.74, 6) is -0.263. The Hall–Kier alpha value is -1.47. The number of hydrogen-bond acceptors (Lipinski definition) is 4. The quantitative estimate of drug-likeness (QED) is 0.888. The van der Waals surface area contributed by atoms with Crippen LogP contribution >= 0.6 is 0 Å². The molecule has 1 N–H and O–H groups in total. The van der Waals surface area contributed by atoms with E-state index in [0.717, 1.165) is 30.4 Å². The molecule has 1 heterocycles. The average molecular weight is 354 g/mol. The third-order valence-corrected chi connectivity index (χ3v) is 6.68. The number of rotatable bonds is 4. The number of hydrogen-bond donors (Lipinski definition) is 1. The fourth-order valence-corrected chi connectivity index (χ4v) is 5.40. The molecule has 0 bridgehead atoms. The summed E-state index contributed by atoms with van der Waals surface area (Å²) < 4.78 is 36.5. The van der Waals surface area contributed by atoms with E-state index >= 15 is 0 Å². The highest BCUT2D eigenvalue weighted by molar-refractivity contribution is 7.91. The molecule has 0 radical (unpaired) electrons. The second-order valence-electron chi connectivity index (χ2n) is 6.83. The van der Waals surface area contributed by atoms with E-state index in [4.69, 9.17) is 0 Å². The van der Waals surface area contributed by atoms with Crippen LogP contribution in [0.15, 0.2) is 18.2 Å². The van der Waals surface area contributed by atoms with E-state index in [1.807, 2.05) is 18.0 Å². The highest BCUT2D eigenvalue weighted by Gasteiger charge is 2.30. The molecule has 24 heavy (non-hydrogen) atoms. The van der Waals surface area contributed by atoms with Gasteiger partial charge in [0.15, 0.2) is 9.84 Å². The lowest BCUT2D eigenvalue weighted by Gasteiger charge is -2.33. The zero-order valence-electron chi connectivity index (χ0n) is 13.8. The first kappa shape index (κ1) is 17.4. The van der Waals surface area contributed by atoms with E-state index in [-0.39, 0.29) is 41.9 Å². The van der Waals surface area contributed by atoms with Gasteiger partial charge in [-0.1, -0.05) is 6.07 Å². The van der Waals surface area contributed by atoms with Gasteiger partial charge in [0, 0.05) is 12.1 Å². The van der Waals surface area contributed by atoms with Gasteiger partial charge in [-0.2, -0.15) is 0 Å². The van der Waals surface area contributed by atoms with Crippen LogP contribution in [0.1, 0.15) is 36.4 Å². The maximum atomic E-state index is 13.6. The zero-order valence-corrected chi connectivity index (χ0v) is 14.6. The minimum absolute atomic E-state index is 0.0162. The number of fused-ring (bicyclic) bond motifs is 1. The number of halogens is 1. The fraction of sp³-hybridized carbons (Fsp3) is 0.588. The Morgan fingerprint density at radius 2 is 2.17 bits per heavy atom. The number of aryl methyl sites for hydroxylation is 1. The maximum absolute atomic E-state index is 13.6. The molecule has 0 saturated carbocycles. The van der Waals surface area contributed by atoms with E-state index in [1.54, 1.807) is 6.07 Å². The zero-order chi connectivity index (χ0) is 17.3. The first-order valence-corrected chi connectivity index (χ1v) is 10.1. The van der Waals surface area contributed by atoms with Gasteiger partial charge < -0.3 is 5.32 Å². The lowest BCUT2D eigenvalue weighted by molar-refractivity contribution is -0.123. The number of carbonyl (C=O) groups is 1. The minimum atomic E-state index is -3.00. The largest absolute Gasteiger partial charge is 0.351 e. The Morgan fingerprint density at radius 3 is 2.88 bits per heavy atom. The molecule has 1 aliphatic carbocycles. The van der Waals surface area contributed by atoms with Crippen molar-refractivity contribution in [2.45, 2.75) is 37.8 Å². The SMILES string of the molecule is CN(CC(=O)NC1CCS(=O)(=O)C1)C1CCCc2ccc(F)cc21. The molecule has 3 rings (SSSR count). The molecule has 1 saturated heterocycles. The molecule has 1 aliphatic heterocycles. The summed E-state index contributed by atoms with van der Waals surface area (Å²) in [5.41, 5.74) is 2.10. The summed E-state index contributed by atoms with van der Waals surface area (Å²) >= 11 is 0. The van der Waals surface area contributed by atoms with Gasteiger partial charge in [0.05, 0.1) is 18.1 Å². The molecule has 1 fully saturated rings. The third-order valence-electron chi connectivity index (χ3n) is 4.91. The number of sulfone groups is 1. The minimum Gasteiger partial charge on any atom is -0.351 e. The summed E-state index contributed by atoms with van der Waals surface area (Å²) in [6.45, 7) is 0.178. The first-order valence-electron chi connectivity index (χ1n) is 8.32. The first-order chi connectivity index (χ1) is 11.3. The molecule has 2 unspecified atom stereocenters. The van der Waals surface area contributed by atoms with Crippen LogP contribution < -0.4 is 5.32 Å². The highest BCUT2D eigenvalue weighted by atomic mass is 32.2. The highest BCUT2D eigenvalue weighted by Crippen LogP contribution is 2.33. The van der Waals surface area contributed by atoms with Gasteiger partial charge in [-0.3, -0.25) is 9.69 Å². The van der Waals surface area contributed by atoms with Crippen molar-refractivity contribution < 1.29 is 17.6 Å². The Morgan fingerprint density at radius 1 is 1.38 bits per heavy atom. The Balaban J connectivity index is 1.62. The van der Waals surface area contributed by atoms with Gasteiger partial charge in [-0.15, -0.1) is 0 Å². The van der Waals surface area contributed by atoms with Gasteiger partial charge in [0.2, 0.25) is 5.91 Å². The predicted molar refractivity (Wildman–Crippen MR) is 89.9 cm³/mol. The van der Waals surface area contributed by atoms with Crippen LogP contribution in [-0.2, 0) is 21.1 Å². The lowest BCUT2D eigenvalue weighted by Crippen LogP contribution is -2.43. The van der Waals surface area contributed by atoms with E-state index in [1.165, 1.54) is 6.07 Å². The van der Waals surface area contributed by atoms with Crippen molar-refractivity contribution in [2.75, 3.05) is 25.1 Å². The Labute approximate surface area is 142 Å². The van der Waals surface area contributed by atoms with Gasteiger partial charge >= 0.3 is 0 Å². The number of likely N-dealkylation sites (N-methyl/N-ethyl adjacent to an activating group) is 1. The lowest BCUT2D eigenvalue weighted by atomic mass is 9.87. The summed E-state index contributed by atoms with van der Waals surface area (Å²) in [6, 6.07) is 4.61. The normalized spacial score (nSPS) is 25.5. The van der Waals surface area contributed by atoms with Crippen molar-refractivity contribution in [3.05, 3.63) is 35.1 Å². The molecule has 0 aromatic heterocycles. The topological polar surface area (TPSA) is 66.5 Å². The van der Waals surface area contributed by atoms with E-state index in [2.05, 4.69) is 5.32 Å². The molecule has 2 atom stereocenters. The van der Waals surface area contributed by atoms with Crippen LogP contribution in [0.2, 0.25) is 0 Å². The van der Waals surface area contributed by atoms with Crippen LogP contribution in [0.4, 0.5) is 4.39 Å². The second kappa shape index (κ2) is 6.80. The van der Waals surface area contributed by atoms with Gasteiger partial charge in [0.25, 0.3) is 0 Å². The number of amides is 1. The van der Waals surface area contributed by atoms with Crippen molar-refractivity contribution in [3.8, 4) is 0 Å². The fourth-order valence-electron chi connectivity index (χ4n) is 3.72. The number of benzene rings is 1. The van der Waals surface area contributed by atoms with E-state index in [0.29, 0.717) is 6.42 Å². The van der Waals surface area contributed by atoms with E-state index in [9.17, 15) is 17.6 Å². The van der Waals surface area contributed by atoms with Gasteiger partial charge in [-0.25, -0.2) is 12.8 Å². The summed E-state index contributed by atoms with van der Waals surface area (Å²) in [5, 5.41) is 2.81. The standard InChI is InChI=1S/C17H23FN2O3S/c1-20(10-17(21)19-14-7-8-24(22,23)11-14)16-4-2-3-12-5-6-13(18)9-15(12)16/h5-6,9,14,16H,2-4,7-8,10-11H2,1H3,(H,19,21). The molecule has 1 aromatic rings. The van der Waals surface area contributed by atoms with Gasteiger partial charge in [-0.05, 0) is 56.0 Å². The Bertz CT molecular complexity index is 735. The average Bonchev–Trinajstić information content (AvgIpc) is 2.85. The van der Waals surface area contributed by atoms with Crippen molar-refractivity contribution in [1.82, 2.24) is 10.2 Å². The molecule has 1 amide bonds. The molecular formula is C17H23FN2O3S. The van der Waals surface area contributed by atoms with E-state index < -0.39 is 9.84 Å². The molecule has 2 aliphatic rings. The number of carbonyl (C=O) groups excluding carboxylic acids is 1. The van der Waals surface area contributed by atoms with Crippen LogP contribution in [0, 0.1) is 5.82 Å². The van der Waals surface area contributed by atoms with Crippen LogP contribution in [-0.4, -0.2) is 50.4 Å². The molecule has 1 aromatic carbocycles. The maximum Gasteiger partial charge on any atom is 0.234 e. The van der Waals surface area contributed by atoms with Crippen LogP contribution in [0.3, 0.4) is 0 Å². The van der Waals surface area contributed by atoms with Crippen molar-refractivity contribution in [1.29, 1.82) is 0 Å². The third kappa shape index (κ3) is 3.95. The van der Waals surface area contributed by atoms with Crippen LogP contribution in [0.25, 0.3) is 0 Å². The van der Waals surface area contributed by atoms with Crippen molar-refractivity contribution >= 4 is 15.7 Å². The molecule has 132 valence electrons. The number of nitrogens with zero attached hydrogens (tertiary/aromatic N) is 1.